The Balaban J connectivity index is 4.03. The predicted molar refractivity (Wildman–Crippen MR) is 36.9 cm³/mol. The maximum atomic E-state index is 10.6. The summed E-state index contributed by atoms with van der Waals surface area (Å²) in [6, 6.07) is 0. The monoisotopic (exact) mass is 158 g/mol. The van der Waals surface area contributed by atoms with Gasteiger partial charge < -0.3 is 4.74 Å². The molecule has 0 aliphatic rings. The molecule has 0 rings (SSSR count). The van der Waals surface area contributed by atoms with Gasteiger partial charge in [0.1, 0.15) is 0 Å². The second-order valence-corrected chi connectivity index (χ2v) is 1.83. The third-order valence-corrected chi connectivity index (χ3v) is 1.04. The van der Waals surface area contributed by atoms with E-state index in [1.165, 1.54) is 6.92 Å². The molecule has 0 aliphatic heterocycles. The van der Waals surface area contributed by atoms with Crippen molar-refractivity contribution in [3.63, 3.8) is 0 Å². The normalized spacial score (nSPS) is 8.91. The van der Waals surface area contributed by atoms with E-state index >= 15 is 0 Å². The van der Waals surface area contributed by atoms with Crippen molar-refractivity contribution in [1.82, 2.24) is 0 Å². The zero-order valence-electron chi connectivity index (χ0n) is 6.55. The highest BCUT2D eigenvalue weighted by molar-refractivity contribution is 6.62. The van der Waals surface area contributed by atoms with Crippen LogP contribution in [0.3, 0.4) is 0 Å². The third-order valence-electron chi connectivity index (χ3n) is 1.04. The van der Waals surface area contributed by atoms with Crippen molar-refractivity contribution in [1.29, 1.82) is 0 Å². The Morgan fingerprint density at radius 1 is 1.18 bits per heavy atom. The summed E-state index contributed by atoms with van der Waals surface area (Å²) in [5.74, 6) is -2.82. The van der Waals surface area contributed by atoms with Crippen LogP contribution in [-0.2, 0) is 19.1 Å². The topological polar surface area (TPSA) is 60.4 Å². The SMILES string of the molecule is CCOC(=O)C(=O)C(=O)CC. The lowest BCUT2D eigenvalue weighted by molar-refractivity contribution is -0.156. The third kappa shape index (κ3) is 2.93. The van der Waals surface area contributed by atoms with Crippen molar-refractivity contribution in [3.05, 3.63) is 0 Å². The summed E-state index contributed by atoms with van der Waals surface area (Å²) in [6.45, 7) is 3.20. The number of hydrogen-bond donors (Lipinski definition) is 0. The van der Waals surface area contributed by atoms with E-state index in [0.29, 0.717) is 0 Å². The quantitative estimate of drug-likeness (QED) is 0.330. The molecule has 0 fully saturated rings. The smallest absolute Gasteiger partial charge is 0.382 e. The number of hydrogen-bond acceptors (Lipinski definition) is 4. The van der Waals surface area contributed by atoms with Crippen LogP contribution in [0.4, 0.5) is 0 Å². The van der Waals surface area contributed by atoms with Crippen LogP contribution < -0.4 is 0 Å². The number of esters is 1. The molecular formula is C7H10O4. The number of carbonyl (C=O) groups excluding carboxylic acids is 3. The molecule has 0 amide bonds. The van der Waals surface area contributed by atoms with Gasteiger partial charge in [-0.05, 0) is 6.92 Å². The lowest BCUT2D eigenvalue weighted by Crippen LogP contribution is -2.25. The van der Waals surface area contributed by atoms with Gasteiger partial charge in [-0.25, -0.2) is 4.79 Å². The molecule has 0 aromatic rings. The molecule has 0 N–H and O–H groups in total. The molecule has 0 atom stereocenters. The zero-order chi connectivity index (χ0) is 8.85. The largest absolute Gasteiger partial charge is 0.460 e. The van der Waals surface area contributed by atoms with Crippen LogP contribution in [0.2, 0.25) is 0 Å². The molecule has 0 aliphatic carbocycles. The van der Waals surface area contributed by atoms with Gasteiger partial charge in [0.05, 0.1) is 6.61 Å². The molecule has 4 nitrogen and oxygen atoms in total. The fraction of sp³-hybridized carbons (Fsp3) is 0.571. The predicted octanol–water partition coefficient (Wildman–Crippen LogP) is 0.0977. The number of Topliss-reactive ketones (excluding diaryl/α,β-unsaturated/α-hetero) is 2. The summed E-state index contributed by atoms with van der Waals surface area (Å²) in [6.07, 6.45) is 0.0393. The first-order valence-electron chi connectivity index (χ1n) is 3.37. The molecule has 0 saturated carbocycles. The zero-order valence-corrected chi connectivity index (χ0v) is 6.55. The van der Waals surface area contributed by atoms with Gasteiger partial charge in [0, 0.05) is 6.42 Å². The highest BCUT2D eigenvalue weighted by Crippen LogP contribution is 1.87. The summed E-state index contributed by atoms with van der Waals surface area (Å²) in [5, 5.41) is 0. The summed E-state index contributed by atoms with van der Waals surface area (Å²) < 4.78 is 4.32. The van der Waals surface area contributed by atoms with Gasteiger partial charge in [0.15, 0.2) is 0 Å². The van der Waals surface area contributed by atoms with Crippen LogP contribution >= 0.6 is 0 Å². The van der Waals surface area contributed by atoms with Crippen LogP contribution in [-0.4, -0.2) is 24.1 Å². The van der Waals surface area contributed by atoms with Gasteiger partial charge in [-0.1, -0.05) is 6.92 Å². The van der Waals surface area contributed by atoms with Gasteiger partial charge in [-0.3, -0.25) is 9.59 Å². The van der Waals surface area contributed by atoms with Crippen molar-refractivity contribution in [2.24, 2.45) is 0 Å². The van der Waals surface area contributed by atoms with Crippen molar-refractivity contribution in [2.45, 2.75) is 20.3 Å². The molecular weight excluding hydrogens is 148 g/mol. The molecule has 0 radical (unpaired) electrons. The average Bonchev–Trinajstić information content (AvgIpc) is 2.02. The summed E-state index contributed by atoms with van der Waals surface area (Å²) in [4.78, 5) is 31.8. The number of ketones is 2. The summed E-state index contributed by atoms with van der Waals surface area (Å²) >= 11 is 0. The highest BCUT2D eigenvalue weighted by atomic mass is 16.5. The van der Waals surface area contributed by atoms with E-state index in [0.717, 1.165) is 0 Å². The van der Waals surface area contributed by atoms with Crippen molar-refractivity contribution in [3.8, 4) is 0 Å². The maximum absolute atomic E-state index is 10.6. The van der Waals surface area contributed by atoms with Crippen LogP contribution in [0.25, 0.3) is 0 Å². The Kier molecular flexibility index (Phi) is 4.10. The Morgan fingerprint density at radius 2 is 1.73 bits per heavy atom. The number of carbonyl (C=O) groups is 3. The Hall–Kier alpha value is -1.19. The van der Waals surface area contributed by atoms with Gasteiger partial charge in [-0.2, -0.15) is 0 Å². The van der Waals surface area contributed by atoms with Crippen molar-refractivity contribution < 1.29 is 19.1 Å². The highest BCUT2D eigenvalue weighted by Gasteiger charge is 2.21. The van der Waals surface area contributed by atoms with E-state index in [4.69, 9.17) is 0 Å². The second-order valence-electron chi connectivity index (χ2n) is 1.83. The first kappa shape index (κ1) is 9.81. The lowest BCUT2D eigenvalue weighted by atomic mass is 10.2. The van der Waals surface area contributed by atoms with Gasteiger partial charge in [0.25, 0.3) is 0 Å². The van der Waals surface area contributed by atoms with Crippen LogP contribution in [0.1, 0.15) is 20.3 Å². The van der Waals surface area contributed by atoms with E-state index < -0.39 is 17.5 Å². The molecule has 0 bridgehead atoms. The van der Waals surface area contributed by atoms with E-state index in [2.05, 4.69) is 4.74 Å². The Bertz CT molecular complexity index is 183. The van der Waals surface area contributed by atoms with Gasteiger partial charge >= 0.3 is 11.8 Å². The van der Waals surface area contributed by atoms with Crippen LogP contribution in [0, 0.1) is 0 Å². The average molecular weight is 158 g/mol. The minimum Gasteiger partial charge on any atom is -0.460 e. The van der Waals surface area contributed by atoms with Crippen molar-refractivity contribution >= 4 is 17.5 Å². The molecule has 0 unspecified atom stereocenters. The molecule has 0 heterocycles. The molecule has 62 valence electrons. The minimum atomic E-state index is -1.06. The first-order chi connectivity index (χ1) is 5.13. The van der Waals surface area contributed by atoms with Gasteiger partial charge in [0.2, 0.25) is 5.78 Å². The molecule has 0 aromatic carbocycles. The molecule has 0 aromatic heterocycles. The fourth-order valence-electron chi connectivity index (χ4n) is 0.471. The van der Waals surface area contributed by atoms with E-state index in [9.17, 15) is 14.4 Å². The minimum absolute atomic E-state index is 0.0393. The van der Waals surface area contributed by atoms with Crippen LogP contribution in [0.15, 0.2) is 0 Å². The number of ether oxygens (including phenoxy) is 1. The molecule has 0 saturated heterocycles. The molecule has 4 heteroatoms. The fourth-order valence-corrected chi connectivity index (χ4v) is 0.471. The van der Waals surface area contributed by atoms with Crippen molar-refractivity contribution in [2.75, 3.05) is 6.61 Å². The second kappa shape index (κ2) is 4.60. The molecule has 0 spiro atoms. The van der Waals surface area contributed by atoms with Gasteiger partial charge in [-0.15, -0.1) is 0 Å². The summed E-state index contributed by atoms with van der Waals surface area (Å²) in [7, 11) is 0. The van der Waals surface area contributed by atoms with E-state index in [1.807, 2.05) is 0 Å². The Labute approximate surface area is 64.5 Å². The summed E-state index contributed by atoms with van der Waals surface area (Å²) in [5.41, 5.74) is 0. The first-order valence-corrected chi connectivity index (χ1v) is 3.37. The van der Waals surface area contributed by atoms with E-state index in [-0.39, 0.29) is 13.0 Å². The maximum Gasteiger partial charge on any atom is 0.382 e. The molecule has 11 heavy (non-hydrogen) atoms. The standard InChI is InChI=1S/C7H10O4/c1-3-5(8)6(9)7(10)11-4-2/h3-4H2,1-2H3. The van der Waals surface area contributed by atoms with Crippen LogP contribution in [0.5, 0.6) is 0 Å². The lowest BCUT2D eigenvalue weighted by Gasteiger charge is -1.96. The van der Waals surface area contributed by atoms with E-state index in [1.54, 1.807) is 6.92 Å². The Morgan fingerprint density at radius 3 is 2.09 bits per heavy atom. The number of rotatable bonds is 4.